The van der Waals surface area contributed by atoms with Crippen LogP contribution in [0.1, 0.15) is 155 Å². The van der Waals surface area contributed by atoms with Gasteiger partial charge in [0.25, 0.3) is 0 Å². The average molecular weight is 657 g/mol. The number of aryl methyl sites for hydroxylation is 8. The molecular formula is C48H80. The molecule has 0 heterocycles. The van der Waals surface area contributed by atoms with Crippen molar-refractivity contribution in [1.29, 1.82) is 0 Å². The summed E-state index contributed by atoms with van der Waals surface area (Å²) in [5.41, 5.74) is 11.6. The third-order valence-electron chi connectivity index (χ3n) is 7.88. The highest BCUT2D eigenvalue weighted by Gasteiger charge is 1.94. The van der Waals surface area contributed by atoms with Crippen molar-refractivity contribution in [3.63, 3.8) is 0 Å². The van der Waals surface area contributed by atoms with Crippen LogP contribution in [0.3, 0.4) is 0 Å². The lowest BCUT2D eigenvalue weighted by atomic mass is 10.1. The highest BCUT2D eigenvalue weighted by atomic mass is 14.0. The van der Waals surface area contributed by atoms with Gasteiger partial charge in [-0.15, -0.1) is 0 Å². The molecule has 0 aliphatic rings. The molecule has 0 spiro atoms. The van der Waals surface area contributed by atoms with Crippen LogP contribution in [-0.2, 0) is 51.4 Å². The topological polar surface area (TPSA) is 0 Å². The molecule has 0 atom stereocenters. The predicted octanol–water partition coefficient (Wildman–Crippen LogP) is 15.4. The molecule has 0 saturated carbocycles. The summed E-state index contributed by atoms with van der Waals surface area (Å²) < 4.78 is 0. The van der Waals surface area contributed by atoms with Crippen molar-refractivity contribution in [3.8, 4) is 0 Å². The van der Waals surface area contributed by atoms with Crippen LogP contribution >= 0.6 is 0 Å². The largest absolute Gasteiger partial charge is 0.0776 e. The molecule has 0 N–H and O–H groups in total. The molecule has 0 saturated heterocycles. The van der Waals surface area contributed by atoms with Crippen molar-refractivity contribution in [2.75, 3.05) is 0 Å². The summed E-state index contributed by atoms with van der Waals surface area (Å²) in [4.78, 5) is 0. The first-order valence-corrected chi connectivity index (χ1v) is 17.8. The van der Waals surface area contributed by atoms with Crippen molar-refractivity contribution >= 4 is 0 Å². The molecule has 0 bridgehead atoms. The van der Waals surface area contributed by atoms with Gasteiger partial charge in [0.15, 0.2) is 0 Å². The first-order valence-electron chi connectivity index (χ1n) is 17.8. The predicted molar refractivity (Wildman–Crippen MR) is 226 cm³/mol. The number of benzene rings is 4. The summed E-state index contributed by atoms with van der Waals surface area (Å²) in [6, 6.07) is 35.7. The van der Waals surface area contributed by atoms with Crippen LogP contribution < -0.4 is 0 Å². The van der Waals surface area contributed by atoms with Crippen molar-refractivity contribution in [3.05, 3.63) is 142 Å². The number of hydrogen-bond acceptors (Lipinski definition) is 0. The van der Waals surface area contributed by atoms with Gasteiger partial charge >= 0.3 is 0 Å². The second kappa shape index (κ2) is 33.8. The Morgan fingerprint density at radius 1 is 0.229 bits per heavy atom. The average Bonchev–Trinajstić information content (AvgIpc) is 3.08. The summed E-state index contributed by atoms with van der Waals surface area (Å²) in [5.74, 6) is 0. The molecule has 272 valence electrons. The molecule has 0 heteroatoms. The van der Waals surface area contributed by atoms with Crippen molar-refractivity contribution < 1.29 is 0 Å². The number of hydrogen-bond donors (Lipinski definition) is 0. The van der Waals surface area contributed by atoms with E-state index in [1.54, 1.807) is 0 Å². The quantitative estimate of drug-likeness (QED) is 0.142. The van der Waals surface area contributed by atoms with Crippen LogP contribution in [0.15, 0.2) is 97.1 Å². The summed E-state index contributed by atoms with van der Waals surface area (Å²) >= 11 is 0. The Bertz CT molecular complexity index is 984. The summed E-state index contributed by atoms with van der Waals surface area (Å²) in [7, 11) is 0. The van der Waals surface area contributed by atoms with E-state index in [0.717, 1.165) is 25.7 Å². The van der Waals surface area contributed by atoms with Gasteiger partial charge < -0.3 is 0 Å². The zero-order valence-electron chi connectivity index (χ0n) is 29.7. The Morgan fingerprint density at radius 2 is 0.354 bits per heavy atom. The molecule has 0 aromatic heterocycles. The Kier molecular flexibility index (Phi) is 36.4. The normalized spacial score (nSPS) is 9.17. The van der Waals surface area contributed by atoms with Crippen molar-refractivity contribution in [2.24, 2.45) is 0 Å². The zero-order valence-corrected chi connectivity index (χ0v) is 29.7. The third kappa shape index (κ3) is 23.2. The summed E-state index contributed by atoms with van der Waals surface area (Å²) in [6.07, 6.45) is 14.4. The maximum absolute atomic E-state index is 2.26. The molecule has 4 aromatic rings. The van der Waals surface area contributed by atoms with E-state index in [4.69, 9.17) is 0 Å². The second-order valence-electron chi connectivity index (χ2n) is 11.7. The Hall–Kier alpha value is -3.12. The molecule has 4 rings (SSSR count). The van der Waals surface area contributed by atoms with E-state index in [1.165, 1.54) is 95.9 Å². The lowest BCUT2D eigenvalue weighted by Gasteiger charge is -2.01. The Labute approximate surface area is 302 Å². The molecule has 0 nitrogen and oxygen atoms in total. The van der Waals surface area contributed by atoms with Gasteiger partial charge in [-0.3, -0.25) is 0 Å². The van der Waals surface area contributed by atoms with Crippen LogP contribution in [0.5, 0.6) is 0 Å². The maximum atomic E-state index is 2.26. The fourth-order valence-corrected chi connectivity index (χ4v) is 4.92. The molecule has 48 heavy (non-hydrogen) atoms. The van der Waals surface area contributed by atoms with Crippen LogP contribution in [0.2, 0.25) is 0 Å². The van der Waals surface area contributed by atoms with Gasteiger partial charge in [-0.2, -0.15) is 0 Å². The lowest BCUT2D eigenvalue weighted by Crippen LogP contribution is -1.85. The second-order valence-corrected chi connectivity index (χ2v) is 11.7. The van der Waals surface area contributed by atoms with Crippen LogP contribution in [0.25, 0.3) is 0 Å². The SMILES string of the molecule is C.C.C.C.CCCc1ccc(CCC)cc1.CCCc1ccc(CCC)cc1.CCc1ccc(CC)cc1.CCc1ccc(CC)cc1. The lowest BCUT2D eigenvalue weighted by molar-refractivity contribution is 0.904. The molecule has 0 fully saturated rings. The standard InChI is InChI=1S/2C12H18.2C10H14.4CH4/c2*1-3-5-11-7-9-12(6-4-2)10-8-11;2*1-3-9-5-7-10(4-2)8-6-9;;;;/h2*7-10H,3-6H2,1-2H3;2*5-8H,3-4H2,1-2H3;4*1H4. The van der Waals surface area contributed by atoms with E-state index in [-0.39, 0.29) is 29.7 Å². The van der Waals surface area contributed by atoms with E-state index in [9.17, 15) is 0 Å². The van der Waals surface area contributed by atoms with Gasteiger partial charge in [0.2, 0.25) is 0 Å². The van der Waals surface area contributed by atoms with Gasteiger partial charge in [0.05, 0.1) is 0 Å². The molecule has 0 unspecified atom stereocenters. The minimum Gasteiger partial charge on any atom is -0.0776 e. The fourth-order valence-electron chi connectivity index (χ4n) is 4.92. The minimum atomic E-state index is 0. The van der Waals surface area contributed by atoms with E-state index in [1.807, 2.05) is 0 Å². The monoisotopic (exact) mass is 657 g/mol. The first-order chi connectivity index (χ1) is 21.5. The van der Waals surface area contributed by atoms with Gasteiger partial charge in [0.1, 0.15) is 0 Å². The van der Waals surface area contributed by atoms with Crippen molar-refractivity contribution in [1.82, 2.24) is 0 Å². The molecule has 0 amide bonds. The summed E-state index contributed by atoms with van der Waals surface area (Å²) in [6.45, 7) is 17.6. The molecular weight excluding hydrogens is 577 g/mol. The van der Waals surface area contributed by atoms with E-state index >= 15 is 0 Å². The molecule has 0 aliphatic heterocycles. The number of rotatable bonds is 12. The molecule has 0 radical (unpaired) electrons. The minimum absolute atomic E-state index is 0. The van der Waals surface area contributed by atoms with Gasteiger partial charge in [-0.25, -0.2) is 0 Å². The van der Waals surface area contributed by atoms with Crippen molar-refractivity contribution in [2.45, 2.75) is 162 Å². The Balaban J connectivity index is -0.000000262. The molecule has 4 aromatic carbocycles. The highest BCUT2D eigenvalue weighted by Crippen LogP contribution is 2.09. The first kappa shape index (κ1) is 51.7. The van der Waals surface area contributed by atoms with Gasteiger partial charge in [-0.1, -0.05) is 208 Å². The van der Waals surface area contributed by atoms with E-state index in [2.05, 4.69) is 152 Å². The molecule has 0 aliphatic carbocycles. The van der Waals surface area contributed by atoms with Crippen LogP contribution in [0, 0.1) is 0 Å². The fraction of sp³-hybridized carbons (Fsp3) is 0.500. The summed E-state index contributed by atoms with van der Waals surface area (Å²) in [5, 5.41) is 0. The van der Waals surface area contributed by atoms with Crippen LogP contribution in [-0.4, -0.2) is 0 Å². The van der Waals surface area contributed by atoms with E-state index < -0.39 is 0 Å². The smallest absolute Gasteiger partial charge is 0.0281 e. The highest BCUT2D eigenvalue weighted by molar-refractivity contribution is 5.24. The third-order valence-corrected chi connectivity index (χ3v) is 7.88. The maximum Gasteiger partial charge on any atom is -0.0281 e. The van der Waals surface area contributed by atoms with Gasteiger partial charge in [0, 0.05) is 0 Å². The van der Waals surface area contributed by atoms with Gasteiger partial charge in [-0.05, 0) is 95.9 Å². The van der Waals surface area contributed by atoms with Crippen LogP contribution in [0.4, 0.5) is 0 Å². The van der Waals surface area contributed by atoms with E-state index in [0.29, 0.717) is 0 Å². The zero-order chi connectivity index (χ0) is 32.4. The Morgan fingerprint density at radius 3 is 0.458 bits per heavy atom.